The number of para-hydroxylation sites is 2. The number of hydrogen-bond donors (Lipinski definition) is 2. The molecule has 26 heavy (non-hydrogen) atoms. The van der Waals surface area contributed by atoms with Gasteiger partial charge in [-0.15, -0.1) is 0 Å². The molecule has 2 aromatic carbocycles. The highest BCUT2D eigenvalue weighted by Crippen LogP contribution is 2.27. The van der Waals surface area contributed by atoms with E-state index in [9.17, 15) is 4.79 Å². The summed E-state index contributed by atoms with van der Waals surface area (Å²) in [5.74, 6) is 1.25. The summed E-state index contributed by atoms with van der Waals surface area (Å²) in [4.78, 5) is 22.9. The van der Waals surface area contributed by atoms with Crippen LogP contribution in [0.1, 0.15) is 30.1 Å². The van der Waals surface area contributed by atoms with Crippen molar-refractivity contribution in [3.63, 3.8) is 0 Å². The first kappa shape index (κ1) is 16.8. The number of H-pyrrole nitrogens is 1. The smallest absolute Gasteiger partial charge is 0.239 e. The number of fused-ring (bicyclic) bond motifs is 1. The zero-order valence-electron chi connectivity index (χ0n) is 14.8. The summed E-state index contributed by atoms with van der Waals surface area (Å²) >= 11 is 0. The predicted molar refractivity (Wildman–Crippen MR) is 103 cm³/mol. The maximum atomic E-state index is 12.8. The molecule has 2 unspecified atom stereocenters. The Labute approximate surface area is 153 Å². The first-order chi connectivity index (χ1) is 12.7. The first-order valence-corrected chi connectivity index (χ1v) is 9.23. The number of piperidine rings is 1. The van der Waals surface area contributed by atoms with Crippen molar-refractivity contribution in [1.29, 1.82) is 0 Å². The van der Waals surface area contributed by atoms with Crippen LogP contribution in [0, 0.1) is 0 Å². The molecule has 1 saturated heterocycles. The normalized spacial score (nSPS) is 18.8. The van der Waals surface area contributed by atoms with Crippen molar-refractivity contribution in [3.05, 3.63) is 66.0 Å². The van der Waals surface area contributed by atoms with Crippen LogP contribution in [0.5, 0.6) is 0 Å². The highest BCUT2D eigenvalue weighted by atomic mass is 16.2. The summed E-state index contributed by atoms with van der Waals surface area (Å²) in [5, 5.41) is 0. The Kier molecular flexibility index (Phi) is 4.71. The van der Waals surface area contributed by atoms with Gasteiger partial charge >= 0.3 is 0 Å². The van der Waals surface area contributed by atoms with E-state index in [1.54, 1.807) is 0 Å². The lowest BCUT2D eigenvalue weighted by atomic mass is 9.96. The van der Waals surface area contributed by atoms with Crippen molar-refractivity contribution < 1.29 is 4.79 Å². The van der Waals surface area contributed by atoms with Gasteiger partial charge in [-0.3, -0.25) is 4.79 Å². The van der Waals surface area contributed by atoms with Crippen molar-refractivity contribution in [3.8, 4) is 0 Å². The van der Waals surface area contributed by atoms with Gasteiger partial charge in [-0.2, -0.15) is 0 Å². The topological polar surface area (TPSA) is 75.0 Å². The van der Waals surface area contributed by atoms with Gasteiger partial charge < -0.3 is 15.6 Å². The van der Waals surface area contributed by atoms with Gasteiger partial charge in [-0.1, -0.05) is 42.5 Å². The lowest BCUT2D eigenvalue weighted by Gasteiger charge is -2.33. The van der Waals surface area contributed by atoms with Gasteiger partial charge in [0, 0.05) is 19.0 Å². The zero-order valence-corrected chi connectivity index (χ0v) is 14.8. The van der Waals surface area contributed by atoms with Crippen molar-refractivity contribution in [2.24, 2.45) is 5.73 Å². The highest BCUT2D eigenvalue weighted by Gasteiger charge is 2.29. The second-order valence-electron chi connectivity index (χ2n) is 7.06. The number of nitrogens with zero attached hydrogens (tertiary/aromatic N) is 2. The van der Waals surface area contributed by atoms with Crippen LogP contribution in [-0.2, 0) is 11.2 Å². The molecule has 5 heteroatoms. The zero-order chi connectivity index (χ0) is 17.9. The number of aromatic amines is 1. The fourth-order valence-corrected chi connectivity index (χ4v) is 3.76. The molecule has 0 spiro atoms. The van der Waals surface area contributed by atoms with Gasteiger partial charge in [0.05, 0.1) is 17.1 Å². The Morgan fingerprint density at radius 3 is 2.77 bits per heavy atom. The number of carbonyl (C=O) groups is 1. The maximum Gasteiger partial charge on any atom is 0.239 e. The molecule has 1 aromatic heterocycles. The Bertz CT molecular complexity index is 856. The third-order valence-electron chi connectivity index (χ3n) is 5.14. The Morgan fingerprint density at radius 1 is 1.19 bits per heavy atom. The molecule has 0 bridgehead atoms. The standard InChI is InChI=1S/C21H24N4O/c22-17(13-15-7-2-1-3-8-15)21(26)25-12-6-9-16(14-25)20-23-18-10-4-5-11-19(18)24-20/h1-5,7-8,10-11,16-17H,6,9,12-14,22H2,(H,23,24). The second kappa shape index (κ2) is 7.30. The summed E-state index contributed by atoms with van der Waals surface area (Å²) in [6.45, 7) is 1.46. The first-order valence-electron chi connectivity index (χ1n) is 9.23. The fourth-order valence-electron chi connectivity index (χ4n) is 3.76. The Morgan fingerprint density at radius 2 is 1.96 bits per heavy atom. The number of rotatable bonds is 4. The van der Waals surface area contributed by atoms with Crippen LogP contribution in [-0.4, -0.2) is 39.9 Å². The molecule has 0 saturated carbocycles. The summed E-state index contributed by atoms with van der Waals surface area (Å²) in [6, 6.07) is 17.5. The average molecular weight is 348 g/mol. The molecule has 1 aliphatic heterocycles. The molecular weight excluding hydrogens is 324 g/mol. The number of hydrogen-bond acceptors (Lipinski definition) is 3. The third kappa shape index (κ3) is 3.48. The average Bonchev–Trinajstić information content (AvgIpc) is 3.12. The van der Waals surface area contributed by atoms with Gasteiger partial charge in [0.25, 0.3) is 0 Å². The van der Waals surface area contributed by atoms with Crippen LogP contribution in [0.2, 0.25) is 0 Å². The van der Waals surface area contributed by atoms with Crippen LogP contribution in [0.25, 0.3) is 11.0 Å². The van der Waals surface area contributed by atoms with Crippen LogP contribution in [0.3, 0.4) is 0 Å². The summed E-state index contributed by atoms with van der Waals surface area (Å²) < 4.78 is 0. The van der Waals surface area contributed by atoms with Crippen LogP contribution in [0.15, 0.2) is 54.6 Å². The molecule has 3 aromatic rings. The van der Waals surface area contributed by atoms with E-state index in [1.165, 1.54) is 0 Å². The van der Waals surface area contributed by atoms with E-state index in [0.29, 0.717) is 13.0 Å². The molecule has 3 N–H and O–H groups in total. The number of likely N-dealkylation sites (tertiary alicyclic amines) is 1. The van der Waals surface area contributed by atoms with E-state index >= 15 is 0 Å². The van der Waals surface area contributed by atoms with Crippen LogP contribution >= 0.6 is 0 Å². The molecule has 0 radical (unpaired) electrons. The lowest BCUT2D eigenvalue weighted by molar-refractivity contribution is -0.133. The quantitative estimate of drug-likeness (QED) is 0.761. The van der Waals surface area contributed by atoms with Gasteiger partial charge in [-0.25, -0.2) is 4.98 Å². The number of imidazole rings is 1. The largest absolute Gasteiger partial charge is 0.342 e. The molecule has 4 rings (SSSR count). The number of benzene rings is 2. The molecular formula is C21H24N4O. The number of nitrogens with one attached hydrogen (secondary N) is 1. The Hall–Kier alpha value is -2.66. The summed E-state index contributed by atoms with van der Waals surface area (Å²) in [7, 11) is 0. The monoisotopic (exact) mass is 348 g/mol. The van der Waals surface area contributed by atoms with E-state index in [4.69, 9.17) is 10.7 Å². The van der Waals surface area contributed by atoms with Crippen LogP contribution in [0.4, 0.5) is 0 Å². The number of aromatic nitrogens is 2. The molecule has 1 amide bonds. The molecule has 1 aliphatic rings. The van der Waals surface area contributed by atoms with Gasteiger partial charge in [0.1, 0.15) is 5.82 Å². The van der Waals surface area contributed by atoms with E-state index in [1.807, 2.05) is 59.5 Å². The molecule has 5 nitrogen and oxygen atoms in total. The summed E-state index contributed by atoms with van der Waals surface area (Å²) in [6.07, 6.45) is 2.59. The van der Waals surface area contributed by atoms with E-state index in [-0.39, 0.29) is 11.8 Å². The van der Waals surface area contributed by atoms with Gasteiger partial charge in [-0.05, 0) is 37.0 Å². The Balaban J connectivity index is 1.44. The highest BCUT2D eigenvalue weighted by molar-refractivity contribution is 5.82. The van der Waals surface area contributed by atoms with E-state index < -0.39 is 6.04 Å². The van der Waals surface area contributed by atoms with Gasteiger partial charge in [0.2, 0.25) is 5.91 Å². The molecule has 0 aliphatic carbocycles. The van der Waals surface area contributed by atoms with Crippen molar-refractivity contribution >= 4 is 16.9 Å². The fraction of sp³-hybridized carbons (Fsp3) is 0.333. The molecule has 134 valence electrons. The van der Waals surface area contributed by atoms with Crippen molar-refractivity contribution in [1.82, 2.24) is 14.9 Å². The molecule has 1 fully saturated rings. The number of amides is 1. The second-order valence-corrected chi connectivity index (χ2v) is 7.06. The minimum atomic E-state index is -0.494. The minimum Gasteiger partial charge on any atom is -0.342 e. The SMILES string of the molecule is NC(Cc1ccccc1)C(=O)N1CCCC(c2nc3ccccc3[nH]2)C1. The number of carbonyl (C=O) groups excluding carboxylic acids is 1. The van der Waals surface area contributed by atoms with E-state index in [0.717, 1.165) is 41.8 Å². The molecule has 2 heterocycles. The van der Waals surface area contributed by atoms with Gasteiger partial charge in [0.15, 0.2) is 0 Å². The van der Waals surface area contributed by atoms with E-state index in [2.05, 4.69) is 4.98 Å². The summed E-state index contributed by atoms with van der Waals surface area (Å²) in [5.41, 5.74) is 9.33. The predicted octanol–water partition coefficient (Wildman–Crippen LogP) is 2.84. The van der Waals surface area contributed by atoms with Crippen molar-refractivity contribution in [2.75, 3.05) is 13.1 Å². The minimum absolute atomic E-state index is 0.0367. The number of nitrogens with two attached hydrogens (primary N) is 1. The van der Waals surface area contributed by atoms with Crippen LogP contribution < -0.4 is 5.73 Å². The maximum absolute atomic E-state index is 12.8. The lowest BCUT2D eigenvalue weighted by Crippen LogP contribution is -2.48. The molecule has 2 atom stereocenters. The third-order valence-corrected chi connectivity index (χ3v) is 5.14. The van der Waals surface area contributed by atoms with Crippen molar-refractivity contribution in [2.45, 2.75) is 31.2 Å².